The molecule has 0 spiro atoms. The first-order chi connectivity index (χ1) is 12.9. The van der Waals surface area contributed by atoms with Gasteiger partial charge < -0.3 is 14.6 Å². The van der Waals surface area contributed by atoms with Crippen LogP contribution in [0.2, 0.25) is 5.02 Å². The Morgan fingerprint density at radius 3 is 2.81 bits per heavy atom. The van der Waals surface area contributed by atoms with Crippen molar-refractivity contribution >= 4 is 34.1 Å². The molecule has 1 N–H and O–H groups in total. The molecule has 0 saturated heterocycles. The molecule has 1 aromatic heterocycles. The molecular weight excluding hydrogens is 364 g/mol. The van der Waals surface area contributed by atoms with Crippen molar-refractivity contribution in [2.75, 3.05) is 5.32 Å². The predicted molar refractivity (Wildman–Crippen MR) is 107 cm³/mol. The predicted octanol–water partition coefficient (Wildman–Crippen LogP) is 4.30. The SMILES string of the molecule is Cc1cccc(NC(=O)c2cn3c4c(ccc(Cl)c4c2=O)O[C@@H](C)C3)c1C. The standard InChI is InChI=1S/C21H19ClN2O3/c1-11-5-4-6-16(13(11)3)23-21(26)14-10-24-9-12(2)27-17-8-7-15(22)18(19(17)24)20(14)25/h4-8,10,12H,9H2,1-3H3,(H,23,26)/t12-/m0/s1. The van der Waals surface area contributed by atoms with Crippen LogP contribution in [0, 0.1) is 13.8 Å². The molecule has 5 nitrogen and oxygen atoms in total. The summed E-state index contributed by atoms with van der Waals surface area (Å²) in [7, 11) is 0. The zero-order valence-electron chi connectivity index (χ0n) is 15.3. The number of hydrogen-bond donors (Lipinski definition) is 1. The third-order valence-electron chi connectivity index (χ3n) is 5.01. The number of benzene rings is 2. The highest BCUT2D eigenvalue weighted by Gasteiger charge is 2.24. The molecule has 6 heteroatoms. The minimum Gasteiger partial charge on any atom is -0.487 e. The number of ether oxygens (including phenoxy) is 1. The normalized spacial score (nSPS) is 15.5. The molecule has 0 radical (unpaired) electrons. The number of rotatable bonds is 2. The summed E-state index contributed by atoms with van der Waals surface area (Å²) in [5.74, 6) is 0.159. The lowest BCUT2D eigenvalue weighted by Crippen LogP contribution is -2.30. The van der Waals surface area contributed by atoms with Crippen molar-refractivity contribution in [2.45, 2.75) is 33.4 Å². The molecule has 3 aromatic rings. The Kier molecular flexibility index (Phi) is 4.19. The molecule has 1 aliphatic rings. The van der Waals surface area contributed by atoms with Crippen LogP contribution in [0.3, 0.4) is 0 Å². The third-order valence-corrected chi connectivity index (χ3v) is 5.33. The Labute approximate surface area is 161 Å². The van der Waals surface area contributed by atoms with Gasteiger partial charge in [0.1, 0.15) is 17.4 Å². The van der Waals surface area contributed by atoms with Crippen LogP contribution in [-0.2, 0) is 6.54 Å². The number of halogens is 1. The van der Waals surface area contributed by atoms with E-state index in [1.165, 1.54) is 0 Å². The Morgan fingerprint density at radius 1 is 1.26 bits per heavy atom. The first-order valence-electron chi connectivity index (χ1n) is 8.76. The van der Waals surface area contributed by atoms with E-state index < -0.39 is 11.3 Å². The first-order valence-corrected chi connectivity index (χ1v) is 9.14. The largest absolute Gasteiger partial charge is 0.487 e. The zero-order valence-corrected chi connectivity index (χ0v) is 16.1. The second-order valence-electron chi connectivity index (χ2n) is 6.92. The lowest BCUT2D eigenvalue weighted by Gasteiger charge is -2.26. The van der Waals surface area contributed by atoms with E-state index in [0.717, 1.165) is 11.1 Å². The quantitative estimate of drug-likeness (QED) is 0.718. The van der Waals surface area contributed by atoms with Gasteiger partial charge in [-0.05, 0) is 50.1 Å². The Balaban J connectivity index is 1.87. The van der Waals surface area contributed by atoms with Crippen LogP contribution in [0.1, 0.15) is 28.4 Å². The van der Waals surface area contributed by atoms with Crippen molar-refractivity contribution < 1.29 is 9.53 Å². The number of pyridine rings is 1. The van der Waals surface area contributed by atoms with Gasteiger partial charge in [-0.3, -0.25) is 9.59 Å². The summed E-state index contributed by atoms with van der Waals surface area (Å²) < 4.78 is 7.70. The van der Waals surface area contributed by atoms with Crippen LogP contribution in [0.5, 0.6) is 5.75 Å². The molecule has 1 amide bonds. The van der Waals surface area contributed by atoms with Crippen molar-refractivity contribution in [2.24, 2.45) is 0 Å². The van der Waals surface area contributed by atoms with Crippen molar-refractivity contribution in [1.29, 1.82) is 0 Å². The molecule has 27 heavy (non-hydrogen) atoms. The highest BCUT2D eigenvalue weighted by atomic mass is 35.5. The summed E-state index contributed by atoms with van der Waals surface area (Å²) >= 11 is 6.31. The first kappa shape index (κ1) is 17.6. The summed E-state index contributed by atoms with van der Waals surface area (Å²) in [4.78, 5) is 26.0. The van der Waals surface area contributed by atoms with Crippen LogP contribution in [0.25, 0.3) is 10.9 Å². The summed E-state index contributed by atoms with van der Waals surface area (Å²) in [6.45, 7) is 6.39. The molecule has 138 valence electrons. The van der Waals surface area contributed by atoms with Crippen LogP contribution >= 0.6 is 11.6 Å². The van der Waals surface area contributed by atoms with Crippen LogP contribution in [-0.4, -0.2) is 16.6 Å². The number of anilines is 1. The number of nitrogens with zero attached hydrogens (tertiary/aromatic N) is 1. The topological polar surface area (TPSA) is 60.3 Å². The molecule has 0 unspecified atom stereocenters. The Morgan fingerprint density at radius 2 is 2.04 bits per heavy atom. The molecular formula is C21H19ClN2O3. The highest BCUT2D eigenvalue weighted by molar-refractivity contribution is 6.35. The fourth-order valence-electron chi connectivity index (χ4n) is 3.47. The summed E-state index contributed by atoms with van der Waals surface area (Å²) in [6.07, 6.45) is 1.53. The van der Waals surface area contributed by atoms with E-state index in [-0.39, 0.29) is 11.7 Å². The monoisotopic (exact) mass is 382 g/mol. The second kappa shape index (κ2) is 6.43. The second-order valence-corrected chi connectivity index (χ2v) is 7.33. The van der Waals surface area contributed by atoms with E-state index in [0.29, 0.717) is 33.9 Å². The fraction of sp³-hybridized carbons (Fsp3) is 0.238. The van der Waals surface area contributed by atoms with Crippen LogP contribution in [0.15, 0.2) is 41.3 Å². The molecule has 0 fully saturated rings. The third kappa shape index (κ3) is 2.88. The summed E-state index contributed by atoms with van der Waals surface area (Å²) in [5, 5.41) is 3.49. The van der Waals surface area contributed by atoms with E-state index in [1.54, 1.807) is 18.3 Å². The number of carbonyl (C=O) groups is 1. The van der Waals surface area contributed by atoms with Gasteiger partial charge in [-0.1, -0.05) is 23.7 Å². The minimum atomic E-state index is -0.444. The van der Waals surface area contributed by atoms with Crippen molar-refractivity contribution in [3.8, 4) is 5.75 Å². The number of amides is 1. The molecule has 0 aliphatic carbocycles. The number of nitrogens with one attached hydrogen (secondary N) is 1. The van der Waals surface area contributed by atoms with E-state index in [4.69, 9.17) is 16.3 Å². The smallest absolute Gasteiger partial charge is 0.261 e. The van der Waals surface area contributed by atoms with Gasteiger partial charge in [0.05, 0.1) is 22.5 Å². The number of carbonyl (C=O) groups excluding carboxylic acids is 1. The van der Waals surface area contributed by atoms with Crippen molar-refractivity contribution in [3.05, 3.63) is 68.5 Å². The van der Waals surface area contributed by atoms with E-state index in [2.05, 4.69) is 5.32 Å². The lowest BCUT2D eigenvalue weighted by molar-refractivity contribution is 0.102. The summed E-state index contributed by atoms with van der Waals surface area (Å²) in [5.41, 5.74) is 3.03. The van der Waals surface area contributed by atoms with Gasteiger partial charge in [0.2, 0.25) is 5.43 Å². The van der Waals surface area contributed by atoms with Crippen molar-refractivity contribution in [3.63, 3.8) is 0 Å². The maximum atomic E-state index is 13.0. The van der Waals surface area contributed by atoms with Crippen LogP contribution in [0.4, 0.5) is 5.69 Å². The van der Waals surface area contributed by atoms with Gasteiger partial charge in [0.15, 0.2) is 0 Å². The van der Waals surface area contributed by atoms with Crippen LogP contribution < -0.4 is 15.5 Å². The maximum Gasteiger partial charge on any atom is 0.261 e. The Hall–Kier alpha value is -2.79. The average Bonchev–Trinajstić information content (AvgIpc) is 2.62. The van der Waals surface area contributed by atoms with E-state index in [1.807, 2.05) is 43.5 Å². The number of hydrogen-bond acceptors (Lipinski definition) is 3. The lowest BCUT2D eigenvalue weighted by atomic mass is 10.1. The Bertz CT molecular complexity index is 1150. The van der Waals surface area contributed by atoms with Gasteiger partial charge in [0, 0.05) is 11.9 Å². The summed E-state index contributed by atoms with van der Waals surface area (Å²) in [6, 6.07) is 9.06. The minimum absolute atomic E-state index is 0.0663. The van der Waals surface area contributed by atoms with Gasteiger partial charge in [0.25, 0.3) is 5.91 Å². The van der Waals surface area contributed by atoms with Gasteiger partial charge in [-0.2, -0.15) is 0 Å². The van der Waals surface area contributed by atoms with E-state index in [9.17, 15) is 9.59 Å². The van der Waals surface area contributed by atoms with Gasteiger partial charge >= 0.3 is 0 Å². The molecule has 1 aliphatic heterocycles. The maximum absolute atomic E-state index is 13.0. The molecule has 0 saturated carbocycles. The average molecular weight is 383 g/mol. The molecule has 2 aromatic carbocycles. The number of aryl methyl sites for hydroxylation is 1. The molecule has 4 rings (SSSR count). The van der Waals surface area contributed by atoms with Crippen molar-refractivity contribution in [1.82, 2.24) is 4.57 Å². The fourth-order valence-corrected chi connectivity index (χ4v) is 3.71. The molecule has 0 bridgehead atoms. The van der Waals surface area contributed by atoms with E-state index >= 15 is 0 Å². The molecule has 2 heterocycles. The zero-order chi connectivity index (χ0) is 19.3. The molecule has 1 atom stereocenters. The highest BCUT2D eigenvalue weighted by Crippen LogP contribution is 2.33. The van der Waals surface area contributed by atoms with Gasteiger partial charge in [-0.25, -0.2) is 0 Å². The van der Waals surface area contributed by atoms with Gasteiger partial charge in [-0.15, -0.1) is 0 Å². The number of aromatic nitrogens is 1.